The Kier molecular flexibility index (Phi) is 6.89. The average molecular weight is 451 g/mol. The monoisotopic (exact) mass is 450 g/mol. The van der Waals surface area contributed by atoms with Crippen molar-refractivity contribution in [2.45, 2.75) is 0 Å². The summed E-state index contributed by atoms with van der Waals surface area (Å²) in [7, 11) is 3.25. The molecular weight excluding hydrogens is 424 g/mol. The Morgan fingerprint density at radius 3 is 1.29 bits per heavy atom. The zero-order valence-electron chi connectivity index (χ0n) is 19.1. The predicted molar refractivity (Wildman–Crippen MR) is 139 cm³/mol. The number of benzene rings is 4. The first-order valence-electron chi connectivity index (χ1n) is 10.7. The third-order valence-corrected chi connectivity index (χ3v) is 5.29. The molecule has 6 nitrogen and oxygen atoms in total. The molecule has 0 atom stereocenters. The van der Waals surface area contributed by atoms with Gasteiger partial charge in [-0.25, -0.2) is 9.98 Å². The van der Waals surface area contributed by atoms with E-state index < -0.39 is 0 Å². The van der Waals surface area contributed by atoms with E-state index in [0.717, 1.165) is 33.6 Å². The maximum Gasteiger partial charge on any atom is 0.131 e. The number of hydrogen-bond acceptors (Lipinski definition) is 4. The van der Waals surface area contributed by atoms with E-state index >= 15 is 0 Å². The lowest BCUT2D eigenvalue weighted by Gasteiger charge is -2.15. The van der Waals surface area contributed by atoms with Crippen LogP contribution in [0.1, 0.15) is 11.1 Å². The average Bonchev–Trinajstić information content (AvgIpc) is 2.89. The molecule has 170 valence electrons. The summed E-state index contributed by atoms with van der Waals surface area (Å²) >= 11 is 0. The predicted octanol–water partition coefficient (Wildman–Crippen LogP) is 5.44. The van der Waals surface area contributed by atoms with Crippen molar-refractivity contribution in [3.05, 3.63) is 108 Å². The second kappa shape index (κ2) is 10.4. The van der Waals surface area contributed by atoms with Gasteiger partial charge in [0.25, 0.3) is 0 Å². The number of nitrogens with zero attached hydrogens (tertiary/aromatic N) is 2. The van der Waals surface area contributed by atoms with Crippen molar-refractivity contribution >= 4 is 23.0 Å². The van der Waals surface area contributed by atoms with Crippen LogP contribution in [-0.2, 0) is 0 Å². The molecule has 0 aliphatic rings. The minimum Gasteiger partial charge on any atom is -0.496 e. The lowest BCUT2D eigenvalue weighted by Crippen LogP contribution is -2.14. The highest BCUT2D eigenvalue weighted by atomic mass is 16.5. The van der Waals surface area contributed by atoms with Crippen molar-refractivity contribution in [2.75, 3.05) is 14.2 Å². The van der Waals surface area contributed by atoms with Crippen LogP contribution in [0.2, 0.25) is 0 Å². The van der Waals surface area contributed by atoms with Gasteiger partial charge in [-0.15, -0.1) is 0 Å². The summed E-state index contributed by atoms with van der Waals surface area (Å²) < 4.78 is 11.3. The fourth-order valence-corrected chi connectivity index (χ4v) is 3.57. The van der Waals surface area contributed by atoms with Crippen LogP contribution in [0.25, 0.3) is 11.1 Å². The second-order valence-corrected chi connectivity index (χ2v) is 7.50. The number of methoxy groups -OCH3 is 2. The Balaban J connectivity index is 1.79. The summed E-state index contributed by atoms with van der Waals surface area (Å²) in [5.74, 6) is 2.14. The first kappa shape index (κ1) is 22.6. The largest absolute Gasteiger partial charge is 0.496 e. The molecule has 0 fully saturated rings. The molecule has 34 heavy (non-hydrogen) atoms. The standard InChI is InChI=1S/C28H26N4O2/c1-33-25-15-13-19(27(29)31-21-9-5-3-6-10-21)17-23(25)24-18-20(14-16-26(24)34-2)28(30)32-22-11-7-4-8-12-22/h3-18H,1-2H3,(H2,29,31)(H2,30,32). The topological polar surface area (TPSA) is 95.2 Å². The van der Waals surface area contributed by atoms with Crippen molar-refractivity contribution in [1.29, 1.82) is 0 Å². The summed E-state index contributed by atoms with van der Waals surface area (Å²) in [5.41, 5.74) is 17.4. The van der Waals surface area contributed by atoms with Gasteiger partial charge in [0.05, 0.1) is 25.6 Å². The maximum atomic E-state index is 6.34. The fraction of sp³-hybridized carbons (Fsp3) is 0.0714. The Bertz CT molecular complexity index is 1230. The summed E-state index contributed by atoms with van der Waals surface area (Å²) in [6.07, 6.45) is 0. The summed E-state index contributed by atoms with van der Waals surface area (Å²) in [5, 5.41) is 0. The van der Waals surface area contributed by atoms with E-state index in [-0.39, 0.29) is 0 Å². The Labute approximate surface area is 199 Å². The van der Waals surface area contributed by atoms with Crippen LogP contribution in [-0.4, -0.2) is 25.9 Å². The molecule has 0 aliphatic carbocycles. The molecule has 0 unspecified atom stereocenters. The minimum atomic E-state index is 0.398. The van der Waals surface area contributed by atoms with Crippen molar-refractivity contribution in [3.63, 3.8) is 0 Å². The maximum absolute atomic E-state index is 6.34. The molecule has 0 heterocycles. The molecule has 0 saturated heterocycles. The minimum absolute atomic E-state index is 0.398. The van der Waals surface area contributed by atoms with Crippen molar-refractivity contribution in [3.8, 4) is 22.6 Å². The van der Waals surface area contributed by atoms with E-state index in [1.165, 1.54) is 0 Å². The SMILES string of the molecule is COc1ccc(C(N)=Nc2ccccc2)cc1-c1cc(C(N)=Nc2ccccc2)ccc1OC. The van der Waals surface area contributed by atoms with E-state index in [2.05, 4.69) is 9.98 Å². The van der Waals surface area contributed by atoms with Gasteiger partial charge in [-0.3, -0.25) is 0 Å². The third-order valence-electron chi connectivity index (χ3n) is 5.29. The first-order valence-corrected chi connectivity index (χ1v) is 10.7. The van der Waals surface area contributed by atoms with Gasteiger partial charge < -0.3 is 20.9 Å². The highest BCUT2D eigenvalue weighted by Crippen LogP contribution is 2.38. The summed E-state index contributed by atoms with van der Waals surface area (Å²) in [6, 6.07) is 30.5. The molecule has 0 spiro atoms. The van der Waals surface area contributed by atoms with E-state index in [1.54, 1.807) is 14.2 Å². The molecular formula is C28H26N4O2. The van der Waals surface area contributed by atoms with E-state index in [0.29, 0.717) is 23.2 Å². The highest BCUT2D eigenvalue weighted by Gasteiger charge is 2.15. The van der Waals surface area contributed by atoms with Crippen molar-refractivity contribution in [1.82, 2.24) is 0 Å². The molecule has 0 amide bonds. The van der Waals surface area contributed by atoms with Gasteiger partial charge in [-0.05, 0) is 60.7 Å². The Morgan fingerprint density at radius 2 is 0.941 bits per heavy atom. The number of ether oxygens (including phenoxy) is 2. The molecule has 0 radical (unpaired) electrons. The molecule has 0 saturated carbocycles. The highest BCUT2D eigenvalue weighted by molar-refractivity contribution is 6.02. The molecule has 0 aliphatic heterocycles. The molecule has 4 N–H and O–H groups in total. The van der Waals surface area contributed by atoms with E-state index in [9.17, 15) is 0 Å². The van der Waals surface area contributed by atoms with Gasteiger partial charge in [0.15, 0.2) is 0 Å². The first-order chi connectivity index (χ1) is 16.6. The lowest BCUT2D eigenvalue weighted by atomic mass is 9.98. The Hall–Kier alpha value is -4.58. The second-order valence-electron chi connectivity index (χ2n) is 7.50. The number of aliphatic imine (C=N–C) groups is 2. The number of para-hydroxylation sites is 2. The van der Waals surface area contributed by atoms with Gasteiger partial charge in [0, 0.05) is 22.3 Å². The smallest absolute Gasteiger partial charge is 0.131 e. The number of rotatable bonds is 7. The number of hydrogen-bond donors (Lipinski definition) is 2. The Morgan fingerprint density at radius 1 is 0.559 bits per heavy atom. The molecule has 4 aromatic rings. The molecule has 0 bridgehead atoms. The summed E-state index contributed by atoms with van der Waals surface area (Å²) in [4.78, 5) is 9.08. The number of nitrogens with two attached hydrogens (primary N) is 2. The lowest BCUT2D eigenvalue weighted by molar-refractivity contribution is 0.410. The van der Waals surface area contributed by atoms with Crippen LogP contribution in [0.3, 0.4) is 0 Å². The van der Waals surface area contributed by atoms with Crippen LogP contribution >= 0.6 is 0 Å². The number of amidine groups is 2. The third kappa shape index (κ3) is 5.07. The van der Waals surface area contributed by atoms with Gasteiger partial charge in [-0.2, -0.15) is 0 Å². The molecule has 0 aromatic heterocycles. The fourth-order valence-electron chi connectivity index (χ4n) is 3.57. The van der Waals surface area contributed by atoms with E-state index in [4.69, 9.17) is 20.9 Å². The van der Waals surface area contributed by atoms with Crippen LogP contribution in [0.15, 0.2) is 107 Å². The zero-order valence-corrected chi connectivity index (χ0v) is 19.1. The molecule has 6 heteroatoms. The van der Waals surface area contributed by atoms with Gasteiger partial charge in [0.2, 0.25) is 0 Å². The van der Waals surface area contributed by atoms with Crippen LogP contribution in [0.5, 0.6) is 11.5 Å². The van der Waals surface area contributed by atoms with Gasteiger partial charge in [-0.1, -0.05) is 36.4 Å². The van der Waals surface area contributed by atoms with Crippen molar-refractivity contribution < 1.29 is 9.47 Å². The normalized spacial score (nSPS) is 11.8. The van der Waals surface area contributed by atoms with Crippen LogP contribution < -0.4 is 20.9 Å². The summed E-state index contributed by atoms with van der Waals surface area (Å²) in [6.45, 7) is 0. The zero-order chi connectivity index (χ0) is 23.9. The van der Waals surface area contributed by atoms with Crippen LogP contribution in [0.4, 0.5) is 11.4 Å². The quantitative estimate of drug-likeness (QED) is 0.289. The molecule has 4 aromatic carbocycles. The van der Waals surface area contributed by atoms with Crippen molar-refractivity contribution in [2.24, 2.45) is 21.5 Å². The van der Waals surface area contributed by atoms with Gasteiger partial charge >= 0.3 is 0 Å². The van der Waals surface area contributed by atoms with Crippen LogP contribution in [0, 0.1) is 0 Å². The van der Waals surface area contributed by atoms with Gasteiger partial charge in [0.1, 0.15) is 23.2 Å². The molecule has 4 rings (SSSR count). The van der Waals surface area contributed by atoms with E-state index in [1.807, 2.05) is 97.1 Å².